The third kappa shape index (κ3) is 8.66. The summed E-state index contributed by atoms with van der Waals surface area (Å²) < 4.78 is 41.5. The van der Waals surface area contributed by atoms with Gasteiger partial charge >= 0.3 is 5.97 Å². The van der Waals surface area contributed by atoms with Gasteiger partial charge in [-0.05, 0) is 51.3 Å². The molecule has 1 heterocycles. The summed E-state index contributed by atoms with van der Waals surface area (Å²) in [6.07, 6.45) is -1.69. The third-order valence-electron chi connectivity index (χ3n) is 8.89. The van der Waals surface area contributed by atoms with Crippen molar-refractivity contribution in [3.8, 4) is 34.2 Å². The fourth-order valence-corrected chi connectivity index (χ4v) is 12.6. The quantitative estimate of drug-likeness (QED) is 0.0778. The Hall–Kier alpha value is -4.71. The molecule has 0 radical (unpaired) electrons. The molecule has 0 aliphatic carbocycles. The summed E-state index contributed by atoms with van der Waals surface area (Å²) in [5.41, 5.74) is 5.83. The molecule has 5 rings (SSSR count). The second-order valence-corrected chi connectivity index (χ2v) is 20.5. The van der Waals surface area contributed by atoms with Crippen molar-refractivity contribution < 1.29 is 27.8 Å². The molecule has 0 saturated carbocycles. The van der Waals surface area contributed by atoms with E-state index in [9.17, 15) is 18.9 Å². The van der Waals surface area contributed by atoms with Crippen molar-refractivity contribution in [3.05, 3.63) is 132 Å². The van der Waals surface area contributed by atoms with Gasteiger partial charge in [0, 0.05) is 18.2 Å². The molecular formula is C42H44FN2O5PSi. The van der Waals surface area contributed by atoms with Gasteiger partial charge in [0.2, 0.25) is 0 Å². The van der Waals surface area contributed by atoms with Crippen LogP contribution in [0.5, 0.6) is 0 Å². The average molecular weight is 735 g/mol. The normalized spacial score (nSPS) is 13.5. The Morgan fingerprint density at radius 1 is 0.846 bits per heavy atom. The first-order valence-electron chi connectivity index (χ1n) is 17.2. The fraction of sp³-hybridized carbons (Fsp3) is 0.262. The van der Waals surface area contributed by atoms with Crippen LogP contribution in [0.2, 0.25) is 5.04 Å². The molecule has 268 valence electrons. The van der Waals surface area contributed by atoms with Crippen LogP contribution in [0.15, 0.2) is 115 Å². The molecule has 0 saturated heterocycles. The van der Waals surface area contributed by atoms with Gasteiger partial charge in [-0.1, -0.05) is 132 Å². The van der Waals surface area contributed by atoms with Crippen LogP contribution in [0.1, 0.15) is 58.2 Å². The number of carbonyl (C=O) groups is 1. The van der Waals surface area contributed by atoms with Gasteiger partial charge < -0.3 is 14.1 Å². The van der Waals surface area contributed by atoms with Crippen LogP contribution in [0.25, 0.3) is 22.6 Å². The van der Waals surface area contributed by atoms with E-state index in [0.717, 1.165) is 15.9 Å². The maximum absolute atomic E-state index is 14.7. The van der Waals surface area contributed by atoms with E-state index in [1.807, 2.05) is 105 Å². The van der Waals surface area contributed by atoms with E-state index in [-0.39, 0.29) is 12.1 Å². The van der Waals surface area contributed by atoms with E-state index in [0.29, 0.717) is 28.3 Å². The molecule has 0 spiro atoms. The molecule has 52 heavy (non-hydrogen) atoms. The van der Waals surface area contributed by atoms with Crippen molar-refractivity contribution in [2.45, 2.75) is 58.1 Å². The summed E-state index contributed by atoms with van der Waals surface area (Å²) in [6.45, 7) is 10.2. The van der Waals surface area contributed by atoms with Crippen LogP contribution < -0.4 is 10.4 Å². The van der Waals surface area contributed by atoms with Crippen molar-refractivity contribution in [1.82, 2.24) is 9.97 Å². The molecule has 1 N–H and O–H groups in total. The second kappa shape index (κ2) is 16.3. The molecule has 1 unspecified atom stereocenters. The van der Waals surface area contributed by atoms with Crippen molar-refractivity contribution >= 4 is 32.0 Å². The SMILES string of the molecule is COP(=O)(C#Cc1c(-c2ccc(F)cc2)nc(-c2ccccc2)nc1C(C)C)C[C@H](CC(=O)O)O[Si](c1ccccc1)(c1ccccc1)C(C)(C)C. The number of halogens is 1. The standard InChI is InChI=1S/C42H44FN2O5PSi/c1-30(2)39-37(40(31-22-24-33(43)25-23-31)45-41(44-39)32-16-10-7-11-17-32)26-27-51(48,49-6)29-34(28-38(46)47)50-52(42(3,4)5,35-18-12-8-13-19-35)36-20-14-9-15-21-36/h7-25,30,34H,28-29H2,1-6H3,(H,46,47)/t34-,51?/m0/s1. The predicted octanol–water partition coefficient (Wildman–Crippen LogP) is 8.73. The lowest BCUT2D eigenvalue weighted by Crippen LogP contribution is -2.68. The molecule has 1 aromatic heterocycles. The number of carboxylic acid groups (broad SMARTS) is 1. The second-order valence-electron chi connectivity index (χ2n) is 14.0. The van der Waals surface area contributed by atoms with E-state index in [1.165, 1.54) is 19.2 Å². The minimum absolute atomic E-state index is 0.117. The van der Waals surface area contributed by atoms with Gasteiger partial charge in [-0.3, -0.25) is 9.36 Å². The monoisotopic (exact) mass is 734 g/mol. The van der Waals surface area contributed by atoms with Gasteiger partial charge in [-0.15, -0.1) is 0 Å². The number of carboxylic acids is 1. The Balaban J connectivity index is 1.65. The molecule has 5 aromatic rings. The number of rotatable bonds is 12. The molecule has 4 aromatic carbocycles. The van der Waals surface area contributed by atoms with E-state index in [2.05, 4.69) is 32.4 Å². The molecule has 10 heteroatoms. The number of aliphatic carboxylic acids is 1. The first kappa shape index (κ1) is 38.5. The van der Waals surface area contributed by atoms with Crippen LogP contribution in [0.4, 0.5) is 4.39 Å². The van der Waals surface area contributed by atoms with Crippen LogP contribution in [0, 0.1) is 17.4 Å². The molecule has 0 bridgehead atoms. The summed E-state index contributed by atoms with van der Waals surface area (Å²) in [7, 11) is -5.80. The number of benzene rings is 4. The Bertz CT molecular complexity index is 2060. The zero-order valence-corrected chi connectivity index (χ0v) is 32.2. The summed E-state index contributed by atoms with van der Waals surface area (Å²) in [5.74, 6) is 1.98. The van der Waals surface area contributed by atoms with Crippen LogP contribution in [-0.2, 0) is 18.3 Å². The zero-order chi connectivity index (χ0) is 37.5. The highest BCUT2D eigenvalue weighted by Crippen LogP contribution is 2.48. The highest BCUT2D eigenvalue weighted by molar-refractivity contribution is 7.64. The summed E-state index contributed by atoms with van der Waals surface area (Å²) in [5, 5.41) is 11.6. The molecule has 0 fully saturated rings. The Kier molecular flexibility index (Phi) is 12.1. The minimum atomic E-state index is -3.88. The van der Waals surface area contributed by atoms with Crippen molar-refractivity contribution in [2.75, 3.05) is 13.3 Å². The van der Waals surface area contributed by atoms with Gasteiger partial charge in [0.25, 0.3) is 15.7 Å². The fourth-order valence-electron chi connectivity index (χ4n) is 6.41. The first-order valence-corrected chi connectivity index (χ1v) is 20.9. The maximum atomic E-state index is 14.7. The lowest BCUT2D eigenvalue weighted by molar-refractivity contribution is -0.138. The summed E-state index contributed by atoms with van der Waals surface area (Å²) >= 11 is 0. The van der Waals surface area contributed by atoms with Gasteiger partial charge in [0.05, 0.1) is 35.6 Å². The van der Waals surface area contributed by atoms with E-state index in [4.69, 9.17) is 18.9 Å². The Labute approximate surface area is 306 Å². The lowest BCUT2D eigenvalue weighted by atomic mass is 9.98. The van der Waals surface area contributed by atoms with Crippen LogP contribution in [0.3, 0.4) is 0 Å². The summed E-state index contributed by atoms with van der Waals surface area (Å²) in [4.78, 5) is 22.2. The Morgan fingerprint density at radius 2 is 1.38 bits per heavy atom. The number of hydrogen-bond acceptors (Lipinski definition) is 6. The van der Waals surface area contributed by atoms with Gasteiger partial charge in [0.1, 0.15) is 5.82 Å². The lowest BCUT2D eigenvalue weighted by Gasteiger charge is -2.45. The zero-order valence-electron chi connectivity index (χ0n) is 30.3. The number of hydrogen-bond donors (Lipinski definition) is 1. The predicted molar refractivity (Wildman–Crippen MR) is 208 cm³/mol. The van der Waals surface area contributed by atoms with Crippen molar-refractivity contribution in [1.29, 1.82) is 0 Å². The van der Waals surface area contributed by atoms with Crippen molar-refractivity contribution in [2.24, 2.45) is 0 Å². The van der Waals surface area contributed by atoms with Crippen LogP contribution >= 0.6 is 7.37 Å². The smallest absolute Gasteiger partial charge is 0.305 e. The molecule has 7 nitrogen and oxygen atoms in total. The largest absolute Gasteiger partial charge is 0.481 e. The van der Waals surface area contributed by atoms with Gasteiger partial charge in [-0.2, -0.15) is 0 Å². The van der Waals surface area contributed by atoms with Crippen LogP contribution in [-0.4, -0.2) is 48.7 Å². The molecular weight excluding hydrogens is 691 g/mol. The van der Waals surface area contributed by atoms with E-state index >= 15 is 0 Å². The minimum Gasteiger partial charge on any atom is -0.481 e. The summed E-state index contributed by atoms with van der Waals surface area (Å²) in [6, 6.07) is 35.2. The molecule has 2 atom stereocenters. The third-order valence-corrected chi connectivity index (χ3v) is 15.9. The number of nitrogens with zero attached hydrogens (tertiary/aromatic N) is 2. The topological polar surface area (TPSA) is 98.6 Å². The average Bonchev–Trinajstić information content (AvgIpc) is 3.13. The molecule has 0 amide bonds. The molecule has 0 aliphatic heterocycles. The van der Waals surface area contributed by atoms with Gasteiger partial charge in [0.15, 0.2) is 5.82 Å². The number of aromatic nitrogens is 2. The Morgan fingerprint density at radius 3 is 1.87 bits per heavy atom. The van der Waals surface area contributed by atoms with E-state index in [1.54, 1.807) is 12.1 Å². The van der Waals surface area contributed by atoms with Gasteiger partial charge in [-0.25, -0.2) is 14.4 Å². The van der Waals surface area contributed by atoms with E-state index < -0.39 is 45.0 Å². The molecule has 0 aliphatic rings. The van der Waals surface area contributed by atoms with Crippen molar-refractivity contribution in [3.63, 3.8) is 0 Å². The first-order chi connectivity index (χ1) is 24.8. The maximum Gasteiger partial charge on any atom is 0.305 e. The highest BCUT2D eigenvalue weighted by atomic mass is 31.2. The highest BCUT2D eigenvalue weighted by Gasteiger charge is 2.52.